The van der Waals surface area contributed by atoms with Crippen molar-refractivity contribution in [3.63, 3.8) is 0 Å². The van der Waals surface area contributed by atoms with Crippen LogP contribution in [0.15, 0.2) is 0 Å². The first-order chi connectivity index (χ1) is 6.47. The SMILES string of the molecule is COSC1(CCCCC(C)(C)C)CC1. The van der Waals surface area contributed by atoms with Gasteiger partial charge in [0.1, 0.15) is 0 Å². The minimum atomic E-state index is 0.505. The van der Waals surface area contributed by atoms with Crippen LogP contribution in [-0.4, -0.2) is 11.9 Å². The van der Waals surface area contributed by atoms with Crippen LogP contribution in [0.5, 0.6) is 0 Å². The molecule has 1 saturated carbocycles. The van der Waals surface area contributed by atoms with Crippen molar-refractivity contribution in [2.75, 3.05) is 7.11 Å². The van der Waals surface area contributed by atoms with Crippen LogP contribution in [0.2, 0.25) is 0 Å². The summed E-state index contributed by atoms with van der Waals surface area (Å²) in [5.74, 6) is 0. The quantitative estimate of drug-likeness (QED) is 0.480. The molecular formula is C12H24OS. The summed E-state index contributed by atoms with van der Waals surface area (Å²) >= 11 is 1.70. The Labute approximate surface area is 93.2 Å². The first kappa shape index (κ1) is 12.4. The molecule has 0 bridgehead atoms. The summed E-state index contributed by atoms with van der Waals surface area (Å²) in [5.41, 5.74) is 0.505. The maximum absolute atomic E-state index is 5.18. The molecule has 1 aliphatic rings. The van der Waals surface area contributed by atoms with E-state index in [0.717, 1.165) is 0 Å². The zero-order valence-electron chi connectivity index (χ0n) is 10.1. The van der Waals surface area contributed by atoms with Gasteiger partial charge in [-0.15, -0.1) is 0 Å². The highest BCUT2D eigenvalue weighted by Gasteiger charge is 2.43. The van der Waals surface area contributed by atoms with Crippen LogP contribution in [0.1, 0.15) is 59.3 Å². The zero-order chi connectivity index (χ0) is 10.7. The molecule has 0 heterocycles. The molecule has 0 aromatic rings. The van der Waals surface area contributed by atoms with Crippen LogP contribution >= 0.6 is 12.0 Å². The molecular weight excluding hydrogens is 192 g/mol. The Bertz CT molecular complexity index is 168. The molecule has 0 aromatic heterocycles. The van der Waals surface area contributed by atoms with E-state index in [1.165, 1.54) is 38.5 Å². The minimum Gasteiger partial charge on any atom is -0.318 e. The zero-order valence-corrected chi connectivity index (χ0v) is 10.9. The van der Waals surface area contributed by atoms with Gasteiger partial charge in [0.2, 0.25) is 0 Å². The van der Waals surface area contributed by atoms with Crippen molar-refractivity contribution in [3.8, 4) is 0 Å². The van der Waals surface area contributed by atoms with Gasteiger partial charge in [0.25, 0.3) is 0 Å². The second-order valence-electron chi connectivity index (χ2n) is 5.70. The van der Waals surface area contributed by atoms with Crippen LogP contribution < -0.4 is 0 Å². The van der Waals surface area contributed by atoms with Gasteiger partial charge in [-0.1, -0.05) is 33.6 Å². The van der Waals surface area contributed by atoms with Gasteiger partial charge in [-0.25, -0.2) is 0 Å². The van der Waals surface area contributed by atoms with Gasteiger partial charge in [-0.2, -0.15) is 0 Å². The third kappa shape index (κ3) is 4.70. The van der Waals surface area contributed by atoms with Gasteiger partial charge < -0.3 is 4.18 Å². The second kappa shape index (κ2) is 4.89. The maximum atomic E-state index is 5.18. The predicted molar refractivity (Wildman–Crippen MR) is 64.5 cm³/mol. The van der Waals surface area contributed by atoms with E-state index in [2.05, 4.69) is 20.8 Å². The van der Waals surface area contributed by atoms with Crippen LogP contribution in [0.3, 0.4) is 0 Å². The molecule has 0 spiro atoms. The minimum absolute atomic E-state index is 0.505. The number of hydrogen-bond acceptors (Lipinski definition) is 2. The molecule has 1 aliphatic carbocycles. The van der Waals surface area contributed by atoms with Crippen molar-refractivity contribution in [1.82, 2.24) is 0 Å². The molecule has 1 rings (SSSR count). The van der Waals surface area contributed by atoms with E-state index in [9.17, 15) is 0 Å². The van der Waals surface area contributed by atoms with Crippen molar-refractivity contribution < 1.29 is 4.18 Å². The van der Waals surface area contributed by atoms with Crippen LogP contribution in [0.4, 0.5) is 0 Å². The van der Waals surface area contributed by atoms with Crippen molar-refractivity contribution >= 4 is 12.0 Å². The Morgan fingerprint density at radius 1 is 1.21 bits per heavy atom. The lowest BCUT2D eigenvalue weighted by molar-refractivity contribution is 0.356. The summed E-state index contributed by atoms with van der Waals surface area (Å²) < 4.78 is 5.70. The highest BCUT2D eigenvalue weighted by molar-refractivity contribution is 7.96. The van der Waals surface area contributed by atoms with E-state index in [-0.39, 0.29) is 0 Å². The average molecular weight is 216 g/mol. The van der Waals surface area contributed by atoms with E-state index in [0.29, 0.717) is 10.2 Å². The standard InChI is InChI=1S/C12H24OS/c1-11(2,3)7-5-6-8-12(9-10-12)14-13-4/h5-10H2,1-4H3. The van der Waals surface area contributed by atoms with Gasteiger partial charge >= 0.3 is 0 Å². The molecule has 14 heavy (non-hydrogen) atoms. The first-order valence-electron chi connectivity index (χ1n) is 5.69. The predicted octanol–water partition coefficient (Wildman–Crippen LogP) is 4.42. The Kier molecular flexibility index (Phi) is 4.32. The molecule has 0 radical (unpaired) electrons. The Morgan fingerprint density at radius 2 is 1.86 bits per heavy atom. The molecule has 0 aromatic carbocycles. The largest absolute Gasteiger partial charge is 0.318 e. The summed E-state index contributed by atoms with van der Waals surface area (Å²) in [4.78, 5) is 0. The first-order valence-corrected chi connectivity index (χ1v) is 6.43. The number of hydrogen-bond donors (Lipinski definition) is 0. The van der Waals surface area contributed by atoms with Crippen molar-refractivity contribution in [2.24, 2.45) is 5.41 Å². The van der Waals surface area contributed by atoms with Crippen LogP contribution in [0, 0.1) is 5.41 Å². The molecule has 84 valence electrons. The van der Waals surface area contributed by atoms with Gasteiger partial charge in [-0.05, 0) is 43.1 Å². The van der Waals surface area contributed by atoms with E-state index < -0.39 is 0 Å². The summed E-state index contributed by atoms with van der Waals surface area (Å²) in [6.07, 6.45) is 8.16. The van der Waals surface area contributed by atoms with Crippen LogP contribution in [0.25, 0.3) is 0 Å². The molecule has 0 aliphatic heterocycles. The highest BCUT2D eigenvalue weighted by atomic mass is 32.2. The van der Waals surface area contributed by atoms with Crippen molar-refractivity contribution in [1.29, 1.82) is 0 Å². The molecule has 1 fully saturated rings. The molecule has 1 nitrogen and oxygen atoms in total. The van der Waals surface area contributed by atoms with E-state index in [1.54, 1.807) is 19.2 Å². The fraction of sp³-hybridized carbons (Fsp3) is 1.00. The lowest BCUT2D eigenvalue weighted by Gasteiger charge is -2.18. The molecule has 0 N–H and O–H groups in total. The third-order valence-electron chi connectivity index (χ3n) is 2.88. The second-order valence-corrected chi connectivity index (χ2v) is 7.07. The van der Waals surface area contributed by atoms with E-state index in [1.807, 2.05) is 0 Å². The maximum Gasteiger partial charge on any atom is 0.0503 e. The molecule has 2 heteroatoms. The van der Waals surface area contributed by atoms with Gasteiger partial charge in [0.15, 0.2) is 0 Å². The highest BCUT2D eigenvalue weighted by Crippen LogP contribution is 2.52. The van der Waals surface area contributed by atoms with Gasteiger partial charge in [0.05, 0.1) is 7.11 Å². The summed E-state index contributed by atoms with van der Waals surface area (Å²) in [6.45, 7) is 6.97. The molecule has 0 unspecified atom stereocenters. The van der Waals surface area contributed by atoms with Gasteiger partial charge in [-0.3, -0.25) is 0 Å². The summed E-state index contributed by atoms with van der Waals surface area (Å²) in [6, 6.07) is 0. The Hall–Kier alpha value is 0.310. The molecule has 0 atom stereocenters. The lowest BCUT2D eigenvalue weighted by atomic mass is 9.89. The monoisotopic (exact) mass is 216 g/mol. The molecule has 0 saturated heterocycles. The van der Waals surface area contributed by atoms with Crippen LogP contribution in [-0.2, 0) is 4.18 Å². The lowest BCUT2D eigenvalue weighted by Crippen LogP contribution is -2.06. The van der Waals surface area contributed by atoms with E-state index in [4.69, 9.17) is 4.18 Å². The van der Waals surface area contributed by atoms with Crippen molar-refractivity contribution in [3.05, 3.63) is 0 Å². The number of rotatable bonds is 6. The van der Waals surface area contributed by atoms with E-state index >= 15 is 0 Å². The summed E-state index contributed by atoms with van der Waals surface area (Å²) in [7, 11) is 1.79. The summed E-state index contributed by atoms with van der Waals surface area (Å²) in [5, 5.41) is 0. The topological polar surface area (TPSA) is 9.23 Å². The smallest absolute Gasteiger partial charge is 0.0503 e. The fourth-order valence-corrected chi connectivity index (χ4v) is 2.64. The normalized spacial score (nSPS) is 19.7. The Morgan fingerprint density at radius 3 is 2.29 bits per heavy atom. The third-order valence-corrected chi connectivity index (χ3v) is 4.01. The molecule has 0 amide bonds. The van der Waals surface area contributed by atoms with Crippen molar-refractivity contribution in [2.45, 2.75) is 64.0 Å². The number of unbranched alkanes of at least 4 members (excludes halogenated alkanes) is 1. The fourth-order valence-electron chi connectivity index (χ4n) is 1.79. The van der Waals surface area contributed by atoms with Gasteiger partial charge in [0, 0.05) is 4.75 Å². The average Bonchev–Trinajstić information content (AvgIpc) is 2.79. The Balaban J connectivity index is 2.04.